The van der Waals surface area contributed by atoms with Crippen LogP contribution in [0.2, 0.25) is 0 Å². The van der Waals surface area contributed by atoms with E-state index in [0.717, 1.165) is 87.6 Å². The van der Waals surface area contributed by atoms with E-state index in [4.69, 9.17) is 28.1 Å². The number of allylic oxidation sites excluding steroid dienone is 1. The molecule has 1 unspecified atom stereocenters. The van der Waals surface area contributed by atoms with Gasteiger partial charge in [0, 0.05) is 23.8 Å². The van der Waals surface area contributed by atoms with Gasteiger partial charge < -0.3 is 28.1 Å². The van der Waals surface area contributed by atoms with E-state index in [0.29, 0.717) is 48.2 Å². The normalized spacial score (nSPS) is 13.1. The van der Waals surface area contributed by atoms with Crippen LogP contribution in [0.5, 0.6) is 17.2 Å². The molecule has 0 saturated carbocycles. The van der Waals surface area contributed by atoms with Gasteiger partial charge in [0.1, 0.15) is 35.2 Å². The van der Waals surface area contributed by atoms with Gasteiger partial charge in [-0.05, 0) is 118 Å². The van der Waals surface area contributed by atoms with Crippen molar-refractivity contribution < 1.29 is 47.3 Å². The molecule has 12 nitrogen and oxygen atoms in total. The van der Waals surface area contributed by atoms with E-state index in [-0.39, 0.29) is 35.8 Å². The number of carbonyl (C=O) groups is 4. The summed E-state index contributed by atoms with van der Waals surface area (Å²) in [6.45, 7) is 10.6. The Morgan fingerprint density at radius 3 is 2.11 bits per heavy atom. The van der Waals surface area contributed by atoms with E-state index in [1.54, 1.807) is 60.8 Å². The van der Waals surface area contributed by atoms with Gasteiger partial charge in [-0.1, -0.05) is 64.8 Å². The molecule has 0 saturated heterocycles. The summed E-state index contributed by atoms with van der Waals surface area (Å²) < 4.78 is 33.7. The number of ether oxygens (including phenoxy) is 5. The van der Waals surface area contributed by atoms with Crippen LogP contribution in [0.1, 0.15) is 140 Å². The number of oxazole rings is 1. The van der Waals surface area contributed by atoms with E-state index in [2.05, 4.69) is 29.6 Å². The van der Waals surface area contributed by atoms with Crippen molar-refractivity contribution in [1.29, 1.82) is 0 Å². The Labute approximate surface area is 364 Å². The van der Waals surface area contributed by atoms with Crippen molar-refractivity contribution in [2.75, 3.05) is 19.8 Å². The number of benzene rings is 3. The first-order chi connectivity index (χ1) is 30.1. The second kappa shape index (κ2) is 24.8. The highest BCUT2D eigenvalue weighted by atomic mass is 16.5. The Bertz CT molecular complexity index is 2150. The molecule has 0 N–H and O–H groups in total. The number of aromatic nitrogens is 1. The highest BCUT2D eigenvalue weighted by molar-refractivity contribution is 5.94. The number of nitrogens with zero attached hydrogens (tertiary/aromatic N) is 2. The van der Waals surface area contributed by atoms with Gasteiger partial charge in [0.2, 0.25) is 5.89 Å². The molecule has 1 aliphatic carbocycles. The largest absolute Gasteiger partial charge is 0.494 e. The summed E-state index contributed by atoms with van der Waals surface area (Å²) in [7, 11) is 0. The third-order valence-corrected chi connectivity index (χ3v) is 10.1. The molecule has 0 fully saturated rings. The molecule has 0 amide bonds. The maximum atomic E-state index is 13.4. The Hall–Kier alpha value is -6.30. The van der Waals surface area contributed by atoms with Crippen molar-refractivity contribution in [1.82, 2.24) is 4.98 Å². The van der Waals surface area contributed by atoms with Crippen molar-refractivity contribution in [3.8, 4) is 17.2 Å². The number of hydrogen-bond donors (Lipinski definition) is 0. The van der Waals surface area contributed by atoms with Gasteiger partial charge in [-0.25, -0.2) is 19.4 Å². The van der Waals surface area contributed by atoms with Crippen molar-refractivity contribution in [2.24, 2.45) is 10.9 Å². The van der Waals surface area contributed by atoms with Crippen molar-refractivity contribution in [2.45, 2.75) is 104 Å². The van der Waals surface area contributed by atoms with Crippen molar-refractivity contribution in [3.63, 3.8) is 0 Å². The molecule has 0 radical (unpaired) electrons. The van der Waals surface area contributed by atoms with E-state index in [1.165, 1.54) is 6.08 Å². The van der Waals surface area contributed by atoms with Crippen LogP contribution in [0.25, 0.3) is 6.08 Å². The van der Waals surface area contributed by atoms with Crippen LogP contribution in [0.3, 0.4) is 0 Å². The predicted octanol–water partition coefficient (Wildman–Crippen LogP) is 10.6. The minimum Gasteiger partial charge on any atom is -0.494 e. The van der Waals surface area contributed by atoms with E-state index < -0.39 is 17.9 Å². The van der Waals surface area contributed by atoms with Crippen LogP contribution in [0.15, 0.2) is 94.9 Å². The quantitative estimate of drug-likeness (QED) is 0.0206. The maximum absolute atomic E-state index is 13.4. The van der Waals surface area contributed by atoms with E-state index in [1.807, 2.05) is 32.1 Å². The average Bonchev–Trinajstić information content (AvgIpc) is 3.70. The lowest BCUT2D eigenvalue weighted by Crippen LogP contribution is -2.12. The minimum atomic E-state index is -0.568. The van der Waals surface area contributed by atoms with Gasteiger partial charge in [-0.15, -0.1) is 0 Å². The summed E-state index contributed by atoms with van der Waals surface area (Å²) >= 11 is 0. The zero-order valence-corrected chi connectivity index (χ0v) is 36.1. The first-order valence-electron chi connectivity index (χ1n) is 21.6. The standard InChI is InChI=1S/C50H58N2O10/c1-5-46(53)58-30-13-8-6-7-11-17-37-19-21-38(22-20-37)50(56)61-44-28-27-42(32-40(44)33-51-34-45-52-43-18-15-16-36(4)47(43)62-45)60-49(55)39-23-25-41(26-24-39)57-29-12-9-10-14-31-59-48(54)35(2)3/h5,15,18-28,32-33,35-36H,1,6-14,16-17,29-31,34H2,2-4H3/b51-33+. The van der Waals surface area contributed by atoms with Crippen LogP contribution < -0.4 is 14.2 Å². The lowest BCUT2D eigenvalue weighted by Gasteiger charge is -2.11. The highest BCUT2D eigenvalue weighted by Crippen LogP contribution is 2.30. The van der Waals surface area contributed by atoms with Crippen LogP contribution in [-0.4, -0.2) is 54.9 Å². The fraction of sp³-hybridized carbons (Fsp3) is 0.400. The third kappa shape index (κ3) is 15.3. The monoisotopic (exact) mass is 846 g/mol. The number of aliphatic imine (C=N–C) groups is 1. The summed E-state index contributed by atoms with van der Waals surface area (Å²) in [5.74, 6) is 0.850. The summed E-state index contributed by atoms with van der Waals surface area (Å²) in [5, 5.41) is 0. The van der Waals surface area contributed by atoms with Crippen molar-refractivity contribution >= 4 is 36.2 Å². The Morgan fingerprint density at radius 1 is 0.790 bits per heavy atom. The Balaban J connectivity index is 1.15. The zero-order valence-electron chi connectivity index (χ0n) is 36.1. The summed E-state index contributed by atoms with van der Waals surface area (Å²) in [5.41, 5.74) is 3.07. The van der Waals surface area contributed by atoms with Crippen LogP contribution in [0.4, 0.5) is 0 Å². The minimum absolute atomic E-state index is 0.116. The fourth-order valence-corrected chi connectivity index (χ4v) is 6.53. The average molecular weight is 847 g/mol. The van der Waals surface area contributed by atoms with Crippen molar-refractivity contribution in [3.05, 3.63) is 125 Å². The second-order valence-electron chi connectivity index (χ2n) is 15.5. The molecule has 1 aliphatic rings. The first-order valence-corrected chi connectivity index (χ1v) is 21.6. The number of rotatable bonds is 25. The van der Waals surface area contributed by atoms with Gasteiger partial charge in [0.15, 0.2) is 0 Å². The van der Waals surface area contributed by atoms with Gasteiger partial charge in [0.25, 0.3) is 0 Å². The van der Waals surface area contributed by atoms with E-state index in [9.17, 15) is 19.2 Å². The second-order valence-corrected chi connectivity index (χ2v) is 15.5. The fourth-order valence-electron chi connectivity index (χ4n) is 6.53. The predicted molar refractivity (Wildman–Crippen MR) is 237 cm³/mol. The molecule has 0 bridgehead atoms. The van der Waals surface area contributed by atoms with Gasteiger partial charge >= 0.3 is 23.9 Å². The molecule has 0 aliphatic heterocycles. The molecule has 0 spiro atoms. The molecular formula is C50H58N2O10. The van der Waals surface area contributed by atoms with Gasteiger partial charge in [-0.3, -0.25) is 9.79 Å². The number of carbonyl (C=O) groups excluding carboxylic acids is 4. The number of unbranched alkanes of at least 4 members (excludes halogenated alkanes) is 7. The van der Waals surface area contributed by atoms with Crippen LogP contribution in [0, 0.1) is 5.92 Å². The molecule has 1 heterocycles. The lowest BCUT2D eigenvalue weighted by atomic mass is 9.98. The third-order valence-electron chi connectivity index (χ3n) is 10.1. The summed E-state index contributed by atoms with van der Waals surface area (Å²) in [6.07, 6.45) is 17.0. The van der Waals surface area contributed by atoms with Crippen LogP contribution in [-0.2, 0) is 32.0 Å². The smallest absolute Gasteiger partial charge is 0.343 e. The van der Waals surface area contributed by atoms with Crippen LogP contribution >= 0.6 is 0 Å². The first kappa shape index (κ1) is 46.8. The maximum Gasteiger partial charge on any atom is 0.343 e. The Morgan fingerprint density at radius 2 is 1.42 bits per heavy atom. The lowest BCUT2D eigenvalue weighted by molar-refractivity contribution is -0.147. The van der Waals surface area contributed by atoms with Gasteiger partial charge in [0.05, 0.1) is 36.9 Å². The SMILES string of the molecule is C=CC(=O)OCCCCCCCc1ccc(C(=O)Oc2ccc(OC(=O)c3ccc(OCCCCCCOC(=O)C(C)C)cc3)cc2/C=N/Cc2nc3c(o2)C(C)CC=C3)cc1. The number of hydrogen-bond acceptors (Lipinski definition) is 12. The molecule has 5 rings (SSSR count). The number of fused-ring (bicyclic) bond motifs is 1. The molecule has 12 heteroatoms. The molecule has 328 valence electrons. The molecule has 1 atom stereocenters. The topological polar surface area (TPSA) is 153 Å². The number of esters is 4. The number of aryl methyl sites for hydroxylation is 1. The molecule has 1 aromatic heterocycles. The summed E-state index contributed by atoms with van der Waals surface area (Å²) in [4.78, 5) is 58.4. The Kier molecular flexibility index (Phi) is 18.7. The molecule has 62 heavy (non-hydrogen) atoms. The van der Waals surface area contributed by atoms with E-state index >= 15 is 0 Å². The molecule has 4 aromatic rings. The molecule has 3 aromatic carbocycles. The van der Waals surface area contributed by atoms with Gasteiger partial charge in [-0.2, -0.15) is 0 Å². The molecular weight excluding hydrogens is 789 g/mol. The zero-order chi connectivity index (χ0) is 44.1. The summed E-state index contributed by atoms with van der Waals surface area (Å²) in [6, 6.07) is 18.8. The highest BCUT2D eigenvalue weighted by Gasteiger charge is 2.20.